The highest BCUT2D eigenvalue weighted by Gasteiger charge is 2.48. The van der Waals surface area contributed by atoms with Crippen LogP contribution in [0.5, 0.6) is 0 Å². The van der Waals surface area contributed by atoms with Gasteiger partial charge in [-0.1, -0.05) is 48.2 Å². The molecule has 1 unspecified atom stereocenters. The van der Waals surface area contributed by atoms with Crippen LogP contribution >= 0.6 is 11.8 Å². The number of aryl methyl sites for hydroxylation is 1. The second-order valence-electron chi connectivity index (χ2n) is 7.12. The van der Waals surface area contributed by atoms with Gasteiger partial charge in [0, 0.05) is 6.20 Å². The quantitative estimate of drug-likeness (QED) is 0.442. The van der Waals surface area contributed by atoms with E-state index in [-0.39, 0.29) is 5.75 Å². The predicted octanol–water partition coefficient (Wildman–Crippen LogP) is 1.80. The molecule has 0 radical (unpaired) electrons. The van der Waals surface area contributed by atoms with Crippen molar-refractivity contribution in [2.24, 2.45) is 0 Å². The first kappa shape index (κ1) is 19.9. The molecule has 2 N–H and O–H groups in total. The van der Waals surface area contributed by atoms with Crippen molar-refractivity contribution in [2.75, 3.05) is 5.75 Å². The summed E-state index contributed by atoms with van der Waals surface area (Å²) in [6, 6.07) is 14.6. The third-order valence-electron chi connectivity index (χ3n) is 4.87. The van der Waals surface area contributed by atoms with E-state index in [0.717, 1.165) is 10.6 Å². The smallest absolute Gasteiger partial charge is 0.322 e. The van der Waals surface area contributed by atoms with Gasteiger partial charge in [0.05, 0.1) is 5.75 Å². The number of carbonyl (C=O) groups is 3. The van der Waals surface area contributed by atoms with E-state index in [1.165, 1.54) is 11.8 Å². The van der Waals surface area contributed by atoms with E-state index in [0.29, 0.717) is 23.6 Å². The van der Waals surface area contributed by atoms with Crippen LogP contribution < -0.4 is 10.7 Å². The van der Waals surface area contributed by atoms with Crippen molar-refractivity contribution < 1.29 is 14.4 Å². The fourth-order valence-corrected chi connectivity index (χ4v) is 3.92. The fraction of sp³-hybridized carbons (Fsp3) is 0.250. The van der Waals surface area contributed by atoms with Gasteiger partial charge in [0.15, 0.2) is 10.8 Å². The SMILES string of the molecule is CC1(CCc2ccccc2)NC(=O)N(NC(=O)CSc2nnc3ccccn23)C1=O. The summed E-state index contributed by atoms with van der Waals surface area (Å²) in [6.07, 6.45) is 2.85. The molecule has 3 heterocycles. The molecule has 1 aromatic carbocycles. The Morgan fingerprint density at radius 1 is 1.13 bits per heavy atom. The molecular formula is C20H20N6O3S. The maximum Gasteiger partial charge on any atom is 0.344 e. The molecule has 2 aromatic heterocycles. The first-order valence-electron chi connectivity index (χ1n) is 9.39. The van der Waals surface area contributed by atoms with Crippen LogP contribution in [-0.2, 0) is 16.0 Å². The van der Waals surface area contributed by atoms with E-state index in [1.807, 2.05) is 42.5 Å². The number of thioether (sulfide) groups is 1. The van der Waals surface area contributed by atoms with Gasteiger partial charge in [0.1, 0.15) is 5.54 Å². The number of hydrogen-bond donors (Lipinski definition) is 2. The van der Waals surface area contributed by atoms with Crippen molar-refractivity contribution in [3.05, 3.63) is 60.3 Å². The Labute approximate surface area is 176 Å². The Morgan fingerprint density at radius 3 is 2.70 bits per heavy atom. The first-order chi connectivity index (χ1) is 14.5. The molecular weight excluding hydrogens is 404 g/mol. The van der Waals surface area contributed by atoms with Gasteiger partial charge in [-0.15, -0.1) is 10.2 Å². The molecule has 1 atom stereocenters. The molecule has 0 spiro atoms. The summed E-state index contributed by atoms with van der Waals surface area (Å²) in [6.45, 7) is 1.67. The number of hydrazine groups is 1. The molecule has 1 saturated heterocycles. The van der Waals surface area contributed by atoms with Crippen LogP contribution in [-0.4, -0.2) is 48.7 Å². The van der Waals surface area contributed by atoms with Crippen LogP contribution in [0.25, 0.3) is 5.65 Å². The Bertz CT molecular complexity index is 1100. The third kappa shape index (κ3) is 3.99. The molecule has 1 aliphatic rings. The Hall–Kier alpha value is -3.40. The van der Waals surface area contributed by atoms with Gasteiger partial charge in [0.2, 0.25) is 5.91 Å². The number of pyridine rings is 1. The van der Waals surface area contributed by atoms with Gasteiger partial charge in [-0.25, -0.2) is 4.79 Å². The maximum atomic E-state index is 12.8. The molecule has 4 rings (SSSR count). The Morgan fingerprint density at radius 2 is 1.90 bits per heavy atom. The summed E-state index contributed by atoms with van der Waals surface area (Å²) in [5.41, 5.74) is 3.06. The number of rotatable bonds is 7. The number of imide groups is 1. The molecule has 3 aromatic rings. The zero-order valence-electron chi connectivity index (χ0n) is 16.2. The van der Waals surface area contributed by atoms with E-state index in [4.69, 9.17) is 0 Å². The lowest BCUT2D eigenvalue weighted by molar-refractivity contribution is -0.138. The van der Waals surface area contributed by atoms with Crippen LogP contribution in [0, 0.1) is 0 Å². The molecule has 0 aliphatic carbocycles. The van der Waals surface area contributed by atoms with Crippen LogP contribution in [0.4, 0.5) is 4.79 Å². The topological polar surface area (TPSA) is 109 Å². The monoisotopic (exact) mass is 424 g/mol. The number of benzene rings is 1. The summed E-state index contributed by atoms with van der Waals surface area (Å²) in [4.78, 5) is 37.4. The van der Waals surface area contributed by atoms with Gasteiger partial charge in [-0.3, -0.25) is 19.4 Å². The molecule has 0 saturated carbocycles. The number of aromatic nitrogens is 3. The van der Waals surface area contributed by atoms with E-state index in [1.54, 1.807) is 23.6 Å². The minimum Gasteiger partial charge on any atom is -0.322 e. The molecule has 4 amide bonds. The summed E-state index contributed by atoms with van der Waals surface area (Å²) >= 11 is 1.17. The van der Waals surface area contributed by atoms with Gasteiger partial charge in [-0.2, -0.15) is 5.01 Å². The summed E-state index contributed by atoms with van der Waals surface area (Å²) < 4.78 is 1.76. The number of urea groups is 1. The van der Waals surface area contributed by atoms with Crippen LogP contribution in [0.15, 0.2) is 59.9 Å². The van der Waals surface area contributed by atoms with Crippen molar-refractivity contribution in [1.29, 1.82) is 0 Å². The third-order valence-corrected chi connectivity index (χ3v) is 5.81. The number of nitrogens with one attached hydrogen (secondary N) is 2. The zero-order chi connectivity index (χ0) is 21.1. The molecule has 154 valence electrons. The van der Waals surface area contributed by atoms with E-state index < -0.39 is 23.4 Å². The van der Waals surface area contributed by atoms with E-state index in [9.17, 15) is 14.4 Å². The van der Waals surface area contributed by atoms with Crippen molar-refractivity contribution in [3.63, 3.8) is 0 Å². The number of hydrogen-bond acceptors (Lipinski definition) is 6. The van der Waals surface area contributed by atoms with E-state index in [2.05, 4.69) is 20.9 Å². The minimum atomic E-state index is -1.07. The molecule has 0 bridgehead atoms. The van der Waals surface area contributed by atoms with Crippen molar-refractivity contribution in [3.8, 4) is 0 Å². The molecule has 1 aliphatic heterocycles. The lowest BCUT2D eigenvalue weighted by Gasteiger charge is -2.21. The van der Waals surface area contributed by atoms with Gasteiger partial charge in [-0.05, 0) is 37.5 Å². The highest BCUT2D eigenvalue weighted by molar-refractivity contribution is 7.99. The van der Waals surface area contributed by atoms with Crippen LogP contribution in [0.2, 0.25) is 0 Å². The standard InChI is InChI=1S/C20H20N6O3S/c1-20(11-10-14-7-3-2-4-8-14)17(28)26(18(29)21-20)24-16(27)13-30-19-23-22-15-9-5-6-12-25(15)19/h2-9,12H,10-11,13H2,1H3,(H,21,29)(H,24,27). The number of carbonyl (C=O) groups excluding carboxylic acids is 3. The second-order valence-corrected chi connectivity index (χ2v) is 8.07. The summed E-state index contributed by atoms with van der Waals surface area (Å²) in [5.74, 6) is -0.980. The lowest BCUT2D eigenvalue weighted by atomic mass is 9.93. The summed E-state index contributed by atoms with van der Waals surface area (Å²) in [7, 11) is 0. The predicted molar refractivity (Wildman–Crippen MR) is 110 cm³/mol. The van der Waals surface area contributed by atoms with Crippen molar-refractivity contribution >= 4 is 35.3 Å². The summed E-state index contributed by atoms with van der Waals surface area (Å²) in [5, 5.41) is 12.1. The second kappa shape index (κ2) is 8.15. The Kier molecular flexibility index (Phi) is 5.40. The molecule has 30 heavy (non-hydrogen) atoms. The van der Waals surface area contributed by atoms with Gasteiger partial charge >= 0.3 is 6.03 Å². The zero-order valence-corrected chi connectivity index (χ0v) is 17.1. The van der Waals surface area contributed by atoms with Crippen molar-refractivity contribution in [1.82, 2.24) is 30.3 Å². The highest BCUT2D eigenvalue weighted by atomic mass is 32.2. The Balaban J connectivity index is 1.35. The molecule has 9 nitrogen and oxygen atoms in total. The highest BCUT2D eigenvalue weighted by Crippen LogP contribution is 2.22. The minimum absolute atomic E-state index is 0.0204. The molecule has 1 fully saturated rings. The normalized spacial score (nSPS) is 18.6. The molecule has 10 heteroatoms. The fourth-order valence-electron chi connectivity index (χ4n) is 3.20. The first-order valence-corrected chi connectivity index (χ1v) is 10.4. The maximum absolute atomic E-state index is 12.8. The van der Waals surface area contributed by atoms with E-state index >= 15 is 0 Å². The largest absolute Gasteiger partial charge is 0.344 e. The van der Waals surface area contributed by atoms with Crippen LogP contribution in [0.1, 0.15) is 18.9 Å². The van der Waals surface area contributed by atoms with Crippen molar-refractivity contribution in [2.45, 2.75) is 30.5 Å². The van der Waals surface area contributed by atoms with Gasteiger partial charge in [0.25, 0.3) is 5.91 Å². The number of nitrogens with zero attached hydrogens (tertiary/aromatic N) is 4. The van der Waals surface area contributed by atoms with Crippen LogP contribution in [0.3, 0.4) is 0 Å². The average molecular weight is 424 g/mol. The lowest BCUT2D eigenvalue weighted by Crippen LogP contribution is -2.49. The van der Waals surface area contributed by atoms with Gasteiger partial charge < -0.3 is 5.32 Å². The average Bonchev–Trinajstić information content (AvgIpc) is 3.26. The number of amides is 4. The number of fused-ring (bicyclic) bond motifs is 1.